The molecule has 0 aliphatic heterocycles. The molecule has 6 heteroatoms. The first-order valence-corrected chi connectivity index (χ1v) is 5.45. The van der Waals surface area contributed by atoms with Crippen LogP contribution in [0.3, 0.4) is 0 Å². The van der Waals surface area contributed by atoms with Crippen molar-refractivity contribution in [1.29, 1.82) is 0 Å². The first kappa shape index (κ1) is 15.6. The predicted octanol–water partition coefficient (Wildman–Crippen LogP) is -2.06. The van der Waals surface area contributed by atoms with Crippen LogP contribution in [0, 0.1) is 13.8 Å². The largest absolute Gasteiger partial charge is 1.00 e. The molecule has 2 rings (SSSR count). The number of allylic oxidation sites excluding steroid dienone is 1. The molecule has 0 unspecified atom stereocenters. The summed E-state index contributed by atoms with van der Waals surface area (Å²) in [6.07, 6.45) is 1.39. The molecule has 0 fully saturated rings. The van der Waals surface area contributed by atoms with E-state index >= 15 is 0 Å². The molecule has 0 atom stereocenters. The molecule has 0 bridgehead atoms. The second kappa shape index (κ2) is 6.65. The van der Waals surface area contributed by atoms with Gasteiger partial charge in [-0.05, 0) is 32.1 Å². The summed E-state index contributed by atoms with van der Waals surface area (Å²) < 4.78 is 1.57. The minimum atomic E-state index is -0.430. The molecule has 0 aliphatic rings. The monoisotopic (exact) mass is 265 g/mol. The van der Waals surface area contributed by atoms with Crippen molar-refractivity contribution in [2.24, 2.45) is 0 Å². The van der Waals surface area contributed by atoms with Crippen molar-refractivity contribution in [3.8, 4) is 5.69 Å². The van der Waals surface area contributed by atoms with Crippen LogP contribution in [0.5, 0.6) is 0 Å². The fourth-order valence-electron chi connectivity index (χ4n) is 1.63. The molecule has 2 aromatic rings. The number of carbonyl (C=O) groups excluding carboxylic acids is 1. The van der Waals surface area contributed by atoms with Gasteiger partial charge in [0.05, 0.1) is 11.4 Å². The van der Waals surface area contributed by atoms with E-state index in [9.17, 15) is 9.90 Å². The number of aryl methyl sites for hydroxylation is 1. The van der Waals surface area contributed by atoms with Crippen molar-refractivity contribution < 1.29 is 39.5 Å². The third-order valence-electron chi connectivity index (χ3n) is 2.63. The minimum absolute atomic E-state index is 0. The van der Waals surface area contributed by atoms with Gasteiger partial charge in [0, 0.05) is 0 Å². The Morgan fingerprint density at radius 3 is 2.47 bits per heavy atom. The normalized spacial score (nSPS) is 10.4. The van der Waals surface area contributed by atoms with Crippen LogP contribution in [0.1, 0.15) is 21.7 Å². The van der Waals surface area contributed by atoms with Crippen LogP contribution in [0.2, 0.25) is 0 Å². The molecule has 0 saturated heterocycles. The summed E-state index contributed by atoms with van der Waals surface area (Å²) in [6.45, 7) is 3.73. The van der Waals surface area contributed by atoms with Crippen molar-refractivity contribution in [2.75, 3.05) is 0 Å². The van der Waals surface area contributed by atoms with Crippen LogP contribution >= 0.6 is 0 Å². The summed E-state index contributed by atoms with van der Waals surface area (Å²) in [4.78, 5) is 11.6. The molecule has 5 nitrogen and oxygen atoms in total. The summed E-state index contributed by atoms with van der Waals surface area (Å²) >= 11 is 0. The van der Waals surface area contributed by atoms with Crippen molar-refractivity contribution >= 4 is 5.78 Å². The van der Waals surface area contributed by atoms with Gasteiger partial charge in [0.15, 0.2) is 5.69 Å². The third kappa shape index (κ3) is 3.32. The number of ketones is 1. The van der Waals surface area contributed by atoms with Crippen molar-refractivity contribution in [3.63, 3.8) is 0 Å². The maximum absolute atomic E-state index is 11.6. The SMILES string of the molecule is Cc1ccc(-n2nnc(C(=O)C=C[O-])c2C)cc1.[Na+]. The Morgan fingerprint density at radius 1 is 1.26 bits per heavy atom. The summed E-state index contributed by atoms with van der Waals surface area (Å²) in [5.74, 6) is -0.430. The molecule has 0 aliphatic carbocycles. The zero-order valence-electron chi connectivity index (χ0n) is 11.1. The van der Waals surface area contributed by atoms with Crippen molar-refractivity contribution in [2.45, 2.75) is 13.8 Å². The molecular weight excluding hydrogens is 253 g/mol. The number of benzene rings is 1. The fraction of sp³-hybridized carbons (Fsp3) is 0.154. The topological polar surface area (TPSA) is 70.8 Å². The summed E-state index contributed by atoms with van der Waals surface area (Å²) in [5, 5.41) is 18.0. The summed E-state index contributed by atoms with van der Waals surface area (Å²) in [5.41, 5.74) is 2.78. The maximum Gasteiger partial charge on any atom is 1.00 e. The van der Waals surface area contributed by atoms with Gasteiger partial charge in [-0.15, -0.1) is 11.4 Å². The van der Waals surface area contributed by atoms with Crippen LogP contribution in [0.25, 0.3) is 5.69 Å². The predicted molar refractivity (Wildman–Crippen MR) is 64.3 cm³/mol. The molecule has 0 radical (unpaired) electrons. The molecule has 0 spiro atoms. The van der Waals surface area contributed by atoms with Crippen LogP contribution in [0.15, 0.2) is 36.6 Å². The van der Waals surface area contributed by atoms with Gasteiger partial charge in [-0.25, -0.2) is 4.68 Å². The van der Waals surface area contributed by atoms with Gasteiger partial charge in [-0.3, -0.25) is 4.79 Å². The van der Waals surface area contributed by atoms with E-state index in [1.54, 1.807) is 11.6 Å². The summed E-state index contributed by atoms with van der Waals surface area (Å²) in [6, 6.07) is 7.70. The molecule has 0 N–H and O–H groups in total. The van der Waals surface area contributed by atoms with E-state index in [4.69, 9.17) is 0 Å². The number of nitrogens with zero attached hydrogens (tertiary/aromatic N) is 3. The Hall–Kier alpha value is -1.43. The fourth-order valence-corrected chi connectivity index (χ4v) is 1.63. The average molecular weight is 265 g/mol. The van der Waals surface area contributed by atoms with Crippen molar-refractivity contribution in [3.05, 3.63) is 53.6 Å². The van der Waals surface area contributed by atoms with Crippen LogP contribution in [-0.2, 0) is 0 Å². The van der Waals surface area contributed by atoms with Gasteiger partial charge in [0.2, 0.25) is 5.78 Å². The second-order valence-electron chi connectivity index (χ2n) is 3.94. The zero-order valence-corrected chi connectivity index (χ0v) is 13.1. The Balaban J connectivity index is 0.00000180. The first-order chi connectivity index (χ1) is 8.63. The number of carbonyl (C=O) groups is 1. The molecule has 0 saturated carbocycles. The molecule has 92 valence electrons. The Labute approximate surface area is 133 Å². The van der Waals surface area contributed by atoms with Gasteiger partial charge in [0.25, 0.3) is 0 Å². The van der Waals surface area contributed by atoms with E-state index in [-0.39, 0.29) is 35.3 Å². The van der Waals surface area contributed by atoms with E-state index in [2.05, 4.69) is 10.3 Å². The molecule has 1 heterocycles. The Morgan fingerprint density at radius 2 is 1.89 bits per heavy atom. The van der Waals surface area contributed by atoms with Crippen molar-refractivity contribution in [1.82, 2.24) is 15.0 Å². The number of rotatable bonds is 3. The van der Waals surface area contributed by atoms with Gasteiger partial charge in [-0.1, -0.05) is 22.9 Å². The number of hydrogen-bond donors (Lipinski definition) is 0. The minimum Gasteiger partial charge on any atom is -0.878 e. The van der Waals surface area contributed by atoms with Crippen LogP contribution in [-0.4, -0.2) is 20.8 Å². The van der Waals surface area contributed by atoms with Gasteiger partial charge < -0.3 is 5.11 Å². The smallest absolute Gasteiger partial charge is 0.878 e. The second-order valence-corrected chi connectivity index (χ2v) is 3.94. The standard InChI is InChI=1S/C13H13N3O2.Na/c1-9-3-5-11(6-4-9)16-10(2)13(14-15-16)12(18)7-8-17;/h3-8,17H,1-2H3;/q;+1/p-1. The zero-order chi connectivity index (χ0) is 13.1. The molecule has 19 heavy (non-hydrogen) atoms. The molecule has 1 aromatic heterocycles. The van der Waals surface area contributed by atoms with Gasteiger partial charge in [0.1, 0.15) is 0 Å². The Bertz CT molecular complexity index is 603. The summed E-state index contributed by atoms with van der Waals surface area (Å²) in [7, 11) is 0. The first-order valence-electron chi connectivity index (χ1n) is 5.45. The molecule has 0 amide bonds. The third-order valence-corrected chi connectivity index (χ3v) is 2.63. The van der Waals surface area contributed by atoms with Gasteiger partial charge in [-0.2, -0.15) is 0 Å². The maximum atomic E-state index is 11.6. The van der Waals surface area contributed by atoms with E-state index in [1.807, 2.05) is 31.2 Å². The van der Waals surface area contributed by atoms with Crippen LogP contribution in [0.4, 0.5) is 0 Å². The number of hydrogen-bond acceptors (Lipinski definition) is 4. The number of aromatic nitrogens is 3. The van der Waals surface area contributed by atoms with E-state index in [1.165, 1.54) is 0 Å². The van der Waals surface area contributed by atoms with Crippen LogP contribution < -0.4 is 34.7 Å². The van der Waals surface area contributed by atoms with E-state index < -0.39 is 5.78 Å². The van der Waals surface area contributed by atoms with Gasteiger partial charge >= 0.3 is 29.6 Å². The molecule has 1 aromatic carbocycles. The quantitative estimate of drug-likeness (QED) is 0.277. The van der Waals surface area contributed by atoms with E-state index in [0.717, 1.165) is 17.3 Å². The average Bonchev–Trinajstić information content (AvgIpc) is 2.73. The van der Waals surface area contributed by atoms with E-state index in [0.29, 0.717) is 12.0 Å². The Kier molecular flexibility index (Phi) is 5.47. The molecular formula is C13H12N3NaO2.